The van der Waals surface area contributed by atoms with Gasteiger partial charge in [-0.1, -0.05) is 31.4 Å². The van der Waals surface area contributed by atoms with E-state index in [-0.39, 0.29) is 18.6 Å². The van der Waals surface area contributed by atoms with Crippen LogP contribution in [0, 0.1) is 13.8 Å². The Balaban J connectivity index is 1.83. The Morgan fingerprint density at radius 1 is 1.19 bits per heavy atom. The lowest BCUT2D eigenvalue weighted by Gasteiger charge is -2.22. The van der Waals surface area contributed by atoms with Crippen molar-refractivity contribution in [1.29, 1.82) is 0 Å². The molecule has 1 amide bonds. The lowest BCUT2D eigenvalue weighted by atomic mass is 9.95. The topological polar surface area (TPSA) is 55.4 Å². The van der Waals surface area contributed by atoms with Crippen molar-refractivity contribution in [2.24, 2.45) is 0 Å². The van der Waals surface area contributed by atoms with Gasteiger partial charge in [-0.05, 0) is 43.9 Å². The van der Waals surface area contributed by atoms with E-state index < -0.39 is 5.97 Å². The molecule has 1 fully saturated rings. The molecule has 1 saturated carbocycles. The van der Waals surface area contributed by atoms with Gasteiger partial charge < -0.3 is 10.1 Å². The maximum atomic E-state index is 12.0. The number of rotatable bonds is 4. The largest absolute Gasteiger partial charge is 0.452 e. The first-order valence-electron chi connectivity index (χ1n) is 7.60. The molecule has 2 rings (SSSR count). The monoisotopic (exact) mass is 289 g/mol. The number of nitrogens with one attached hydrogen (secondary N) is 1. The van der Waals surface area contributed by atoms with E-state index in [9.17, 15) is 9.59 Å². The Labute approximate surface area is 125 Å². The van der Waals surface area contributed by atoms with Crippen molar-refractivity contribution in [1.82, 2.24) is 5.32 Å². The molecule has 1 aliphatic carbocycles. The molecule has 0 heterocycles. The van der Waals surface area contributed by atoms with E-state index in [0.717, 1.165) is 36.8 Å². The molecule has 114 valence electrons. The highest BCUT2D eigenvalue weighted by atomic mass is 16.5. The number of amides is 1. The third-order valence-electron chi connectivity index (χ3n) is 4.13. The minimum Gasteiger partial charge on any atom is -0.452 e. The zero-order valence-electron chi connectivity index (χ0n) is 12.8. The van der Waals surface area contributed by atoms with E-state index in [1.807, 2.05) is 26.0 Å². The number of benzene rings is 1. The van der Waals surface area contributed by atoms with Gasteiger partial charge in [0, 0.05) is 6.04 Å². The summed E-state index contributed by atoms with van der Waals surface area (Å²) >= 11 is 0. The Kier molecular flexibility index (Phi) is 5.37. The summed E-state index contributed by atoms with van der Waals surface area (Å²) in [5, 5.41) is 2.94. The molecule has 4 heteroatoms. The number of hydrogen-bond donors (Lipinski definition) is 1. The summed E-state index contributed by atoms with van der Waals surface area (Å²) in [5.74, 6) is -0.643. The summed E-state index contributed by atoms with van der Waals surface area (Å²) in [6, 6.07) is 5.73. The molecule has 0 radical (unpaired) electrons. The summed E-state index contributed by atoms with van der Waals surface area (Å²) in [6.07, 6.45) is 5.61. The van der Waals surface area contributed by atoms with Gasteiger partial charge in [-0.15, -0.1) is 0 Å². The van der Waals surface area contributed by atoms with Crippen LogP contribution < -0.4 is 5.32 Å². The number of ether oxygens (including phenoxy) is 1. The highest BCUT2D eigenvalue weighted by molar-refractivity contribution is 5.93. The van der Waals surface area contributed by atoms with Gasteiger partial charge in [0.05, 0.1) is 5.56 Å². The van der Waals surface area contributed by atoms with E-state index in [4.69, 9.17) is 4.74 Å². The van der Waals surface area contributed by atoms with Crippen LogP contribution in [0.25, 0.3) is 0 Å². The summed E-state index contributed by atoms with van der Waals surface area (Å²) in [4.78, 5) is 23.8. The summed E-state index contributed by atoms with van der Waals surface area (Å²) in [5.41, 5.74) is 2.46. The van der Waals surface area contributed by atoms with E-state index in [0.29, 0.717) is 5.56 Å². The SMILES string of the molecule is Cc1cccc(C(=O)OCC(=O)NC2CCCCC2)c1C. The molecule has 21 heavy (non-hydrogen) atoms. The molecule has 1 N–H and O–H groups in total. The van der Waals surface area contributed by atoms with Crippen molar-refractivity contribution < 1.29 is 14.3 Å². The highest BCUT2D eigenvalue weighted by Gasteiger charge is 2.17. The second-order valence-electron chi connectivity index (χ2n) is 5.73. The Bertz CT molecular complexity index is 519. The van der Waals surface area contributed by atoms with Crippen LogP contribution in [0.3, 0.4) is 0 Å². The molecule has 4 nitrogen and oxygen atoms in total. The zero-order valence-corrected chi connectivity index (χ0v) is 12.8. The lowest BCUT2D eigenvalue weighted by molar-refractivity contribution is -0.125. The molecule has 0 unspecified atom stereocenters. The molecule has 1 aliphatic rings. The average molecular weight is 289 g/mol. The van der Waals surface area contributed by atoms with Gasteiger partial charge >= 0.3 is 5.97 Å². The molecular formula is C17H23NO3. The van der Waals surface area contributed by atoms with Crippen LogP contribution in [-0.4, -0.2) is 24.5 Å². The summed E-state index contributed by atoms with van der Waals surface area (Å²) < 4.78 is 5.12. The Morgan fingerprint density at radius 3 is 2.62 bits per heavy atom. The van der Waals surface area contributed by atoms with E-state index in [1.165, 1.54) is 6.42 Å². The van der Waals surface area contributed by atoms with Crippen LogP contribution in [0.5, 0.6) is 0 Å². The van der Waals surface area contributed by atoms with Crippen molar-refractivity contribution >= 4 is 11.9 Å². The maximum Gasteiger partial charge on any atom is 0.338 e. The van der Waals surface area contributed by atoms with Crippen LogP contribution in [0.15, 0.2) is 18.2 Å². The number of carbonyl (C=O) groups is 2. The first-order valence-corrected chi connectivity index (χ1v) is 7.60. The van der Waals surface area contributed by atoms with Crippen LogP contribution in [-0.2, 0) is 9.53 Å². The molecule has 1 aromatic carbocycles. The van der Waals surface area contributed by atoms with Crippen molar-refractivity contribution in [3.63, 3.8) is 0 Å². The Morgan fingerprint density at radius 2 is 1.90 bits per heavy atom. The number of esters is 1. The fraction of sp³-hybridized carbons (Fsp3) is 0.529. The van der Waals surface area contributed by atoms with Crippen LogP contribution in [0.1, 0.15) is 53.6 Å². The van der Waals surface area contributed by atoms with Gasteiger partial charge in [0.15, 0.2) is 6.61 Å². The second kappa shape index (κ2) is 7.25. The fourth-order valence-corrected chi connectivity index (χ4v) is 2.70. The average Bonchev–Trinajstić information content (AvgIpc) is 2.48. The molecule has 0 atom stereocenters. The predicted octanol–water partition coefficient (Wildman–Crippen LogP) is 2.91. The highest BCUT2D eigenvalue weighted by Crippen LogP contribution is 2.17. The van der Waals surface area contributed by atoms with E-state index in [2.05, 4.69) is 5.32 Å². The predicted molar refractivity (Wildman–Crippen MR) is 81.2 cm³/mol. The van der Waals surface area contributed by atoms with Gasteiger partial charge in [0.1, 0.15) is 0 Å². The minimum absolute atomic E-state index is 0.206. The van der Waals surface area contributed by atoms with Crippen molar-refractivity contribution in [2.45, 2.75) is 52.0 Å². The summed E-state index contributed by atoms with van der Waals surface area (Å²) in [7, 11) is 0. The van der Waals surface area contributed by atoms with Crippen LogP contribution >= 0.6 is 0 Å². The number of aryl methyl sites for hydroxylation is 1. The molecular weight excluding hydrogens is 266 g/mol. The van der Waals surface area contributed by atoms with Gasteiger partial charge in [-0.2, -0.15) is 0 Å². The minimum atomic E-state index is -0.435. The third kappa shape index (κ3) is 4.31. The van der Waals surface area contributed by atoms with Crippen molar-refractivity contribution in [2.75, 3.05) is 6.61 Å². The smallest absolute Gasteiger partial charge is 0.338 e. The number of carbonyl (C=O) groups excluding carboxylic acids is 2. The molecule has 0 aliphatic heterocycles. The van der Waals surface area contributed by atoms with Crippen LogP contribution in [0.4, 0.5) is 0 Å². The van der Waals surface area contributed by atoms with E-state index in [1.54, 1.807) is 6.07 Å². The maximum absolute atomic E-state index is 12.0. The molecule has 0 bridgehead atoms. The first kappa shape index (κ1) is 15.5. The van der Waals surface area contributed by atoms with Crippen molar-refractivity contribution in [3.05, 3.63) is 34.9 Å². The fourth-order valence-electron chi connectivity index (χ4n) is 2.70. The third-order valence-corrected chi connectivity index (χ3v) is 4.13. The summed E-state index contributed by atoms with van der Waals surface area (Å²) in [6.45, 7) is 3.62. The molecule has 0 spiro atoms. The quantitative estimate of drug-likeness (QED) is 0.867. The second-order valence-corrected chi connectivity index (χ2v) is 5.73. The van der Waals surface area contributed by atoms with Crippen LogP contribution in [0.2, 0.25) is 0 Å². The number of hydrogen-bond acceptors (Lipinski definition) is 3. The first-order chi connectivity index (χ1) is 10.1. The zero-order chi connectivity index (χ0) is 15.2. The normalized spacial score (nSPS) is 15.5. The van der Waals surface area contributed by atoms with Gasteiger partial charge in [-0.25, -0.2) is 4.79 Å². The van der Waals surface area contributed by atoms with Gasteiger partial charge in [-0.3, -0.25) is 4.79 Å². The lowest BCUT2D eigenvalue weighted by Crippen LogP contribution is -2.38. The van der Waals surface area contributed by atoms with Gasteiger partial charge in [0.25, 0.3) is 5.91 Å². The molecule has 0 saturated heterocycles. The molecule has 1 aromatic rings. The molecule has 0 aromatic heterocycles. The van der Waals surface area contributed by atoms with Gasteiger partial charge in [0.2, 0.25) is 0 Å². The Hall–Kier alpha value is -1.84. The van der Waals surface area contributed by atoms with Crippen molar-refractivity contribution in [3.8, 4) is 0 Å². The standard InChI is InChI=1S/C17H23NO3/c1-12-7-6-10-15(13(12)2)17(20)21-11-16(19)18-14-8-4-3-5-9-14/h6-7,10,14H,3-5,8-9,11H2,1-2H3,(H,18,19). The van der Waals surface area contributed by atoms with E-state index >= 15 is 0 Å².